The van der Waals surface area contributed by atoms with E-state index >= 15 is 0 Å². The summed E-state index contributed by atoms with van der Waals surface area (Å²) in [6, 6.07) is 11.6. The second-order valence-electron chi connectivity index (χ2n) is 8.88. The Balaban J connectivity index is 1.34. The van der Waals surface area contributed by atoms with E-state index in [4.69, 9.17) is 32.7 Å². The lowest BCUT2D eigenvalue weighted by Crippen LogP contribution is -2.68. The summed E-state index contributed by atoms with van der Waals surface area (Å²) in [7, 11) is 0. The molecule has 2 amide bonds. The van der Waals surface area contributed by atoms with Crippen molar-refractivity contribution in [3.8, 4) is 5.75 Å². The van der Waals surface area contributed by atoms with E-state index in [1.807, 2.05) is 38.1 Å². The van der Waals surface area contributed by atoms with Crippen LogP contribution in [0.3, 0.4) is 0 Å². The van der Waals surface area contributed by atoms with Crippen molar-refractivity contribution in [2.24, 2.45) is 0 Å². The van der Waals surface area contributed by atoms with Crippen LogP contribution in [0.2, 0.25) is 10.0 Å². The molecule has 1 aliphatic carbocycles. The number of carbonyl (C=O) groups excluding carboxylic acids is 2. The minimum Gasteiger partial charge on any atom is -0.484 e. The second-order valence-corrected chi connectivity index (χ2v) is 9.73. The Morgan fingerprint density at radius 1 is 1.06 bits per heavy atom. The Bertz CT molecular complexity index is 1010. The highest BCUT2D eigenvalue weighted by molar-refractivity contribution is 6.31. The van der Waals surface area contributed by atoms with Gasteiger partial charge in [0, 0.05) is 22.2 Å². The van der Waals surface area contributed by atoms with E-state index in [0.29, 0.717) is 30.9 Å². The third kappa shape index (κ3) is 7.51. The van der Waals surface area contributed by atoms with Gasteiger partial charge in [0.05, 0.1) is 11.6 Å². The monoisotopic (exact) mass is 496 g/mol. The van der Waals surface area contributed by atoms with Crippen LogP contribution in [0.5, 0.6) is 5.75 Å². The number of aryl methyl sites for hydroxylation is 1. The minimum atomic E-state index is -0.612. The summed E-state index contributed by atoms with van der Waals surface area (Å²) >= 11 is 11.6. The minimum absolute atomic E-state index is 0.0137. The van der Waals surface area contributed by atoms with Gasteiger partial charge in [-0.05, 0) is 69.4 Å². The number of hydrogen-bond acceptors (Lipinski definition) is 4. The molecule has 0 saturated heterocycles. The molecule has 3 rings (SSSR count). The zero-order chi connectivity index (χ0) is 24.1. The predicted octanol–water partition coefficient (Wildman–Crippen LogP) is 5.30. The Morgan fingerprint density at radius 3 is 2.48 bits per heavy atom. The van der Waals surface area contributed by atoms with Crippen LogP contribution in [0, 0.1) is 5.82 Å². The van der Waals surface area contributed by atoms with Gasteiger partial charge in [0.25, 0.3) is 5.91 Å². The van der Waals surface area contributed by atoms with Crippen LogP contribution in [0.4, 0.5) is 9.18 Å². The molecule has 6 nitrogen and oxygen atoms in total. The van der Waals surface area contributed by atoms with Gasteiger partial charge in [-0.2, -0.15) is 0 Å². The van der Waals surface area contributed by atoms with Gasteiger partial charge < -0.3 is 20.1 Å². The molecule has 0 unspecified atom stereocenters. The molecule has 33 heavy (non-hydrogen) atoms. The van der Waals surface area contributed by atoms with Crippen LogP contribution in [0.1, 0.15) is 38.7 Å². The second kappa shape index (κ2) is 10.6. The van der Waals surface area contributed by atoms with E-state index in [1.165, 1.54) is 12.1 Å². The average molecular weight is 497 g/mol. The fourth-order valence-electron chi connectivity index (χ4n) is 4.35. The zero-order valence-electron chi connectivity index (χ0n) is 18.6. The lowest BCUT2D eigenvalue weighted by atomic mass is 9.64. The maximum atomic E-state index is 13.5. The van der Waals surface area contributed by atoms with Crippen molar-refractivity contribution in [2.45, 2.75) is 50.6 Å². The zero-order valence-corrected chi connectivity index (χ0v) is 20.1. The maximum Gasteiger partial charge on any atom is 0.407 e. The van der Waals surface area contributed by atoms with Crippen LogP contribution >= 0.6 is 23.2 Å². The number of benzene rings is 2. The first-order valence-electron chi connectivity index (χ1n) is 10.6. The summed E-state index contributed by atoms with van der Waals surface area (Å²) in [4.78, 5) is 24.4. The van der Waals surface area contributed by atoms with E-state index < -0.39 is 23.0 Å². The van der Waals surface area contributed by atoms with Gasteiger partial charge >= 0.3 is 6.09 Å². The summed E-state index contributed by atoms with van der Waals surface area (Å²) in [6.07, 6.45) is 2.05. The van der Waals surface area contributed by atoms with E-state index in [-0.39, 0.29) is 23.3 Å². The first kappa shape index (κ1) is 25.1. The van der Waals surface area contributed by atoms with Crippen molar-refractivity contribution in [1.29, 1.82) is 0 Å². The number of nitrogens with one attached hydrogen (secondary N) is 2. The number of amides is 2. The molecule has 0 atom stereocenters. The molecule has 2 aromatic rings. The van der Waals surface area contributed by atoms with E-state index in [1.54, 1.807) is 0 Å². The third-order valence-corrected chi connectivity index (χ3v) is 5.94. The van der Waals surface area contributed by atoms with Crippen molar-refractivity contribution in [2.75, 3.05) is 13.2 Å². The quantitative estimate of drug-likeness (QED) is 0.462. The lowest BCUT2D eigenvalue weighted by Gasteiger charge is -2.53. The molecule has 0 bridgehead atoms. The lowest BCUT2D eigenvalue weighted by molar-refractivity contribution is -0.126. The van der Waals surface area contributed by atoms with Crippen LogP contribution < -0.4 is 15.4 Å². The average Bonchev–Trinajstić information content (AvgIpc) is 2.71. The predicted molar refractivity (Wildman–Crippen MR) is 125 cm³/mol. The largest absolute Gasteiger partial charge is 0.484 e. The standard InChI is InChI=1S/C24H27Cl2FN2O4/c1-23(28-21(30)13-33-18-8-9-19(26)20(27)12-18)14-24(2,15-23)29-22(31)32-10-4-6-16-5-3-7-17(25)11-16/h3,5,7-9,11-12H,4,6,10,13-15H2,1-2H3,(H,28,30)(H,29,31). The van der Waals surface area contributed by atoms with Crippen molar-refractivity contribution in [3.63, 3.8) is 0 Å². The van der Waals surface area contributed by atoms with Crippen LogP contribution in [0.25, 0.3) is 0 Å². The van der Waals surface area contributed by atoms with Crippen LogP contribution in [0.15, 0.2) is 42.5 Å². The Morgan fingerprint density at radius 2 is 1.79 bits per heavy atom. The maximum absolute atomic E-state index is 13.5. The van der Waals surface area contributed by atoms with Crippen LogP contribution in [-0.2, 0) is 16.0 Å². The van der Waals surface area contributed by atoms with Crippen molar-refractivity contribution in [3.05, 3.63) is 63.9 Å². The van der Waals surface area contributed by atoms with Gasteiger partial charge in [-0.25, -0.2) is 9.18 Å². The smallest absolute Gasteiger partial charge is 0.407 e. The van der Waals surface area contributed by atoms with Crippen molar-refractivity contribution in [1.82, 2.24) is 10.6 Å². The van der Waals surface area contributed by atoms with E-state index in [2.05, 4.69) is 10.6 Å². The molecule has 0 heterocycles. The van der Waals surface area contributed by atoms with E-state index in [9.17, 15) is 14.0 Å². The normalized spacial score (nSPS) is 21.6. The number of ether oxygens (including phenoxy) is 2. The highest BCUT2D eigenvalue weighted by atomic mass is 35.5. The number of hydrogen-bond donors (Lipinski definition) is 2. The molecule has 0 radical (unpaired) electrons. The number of alkyl carbamates (subject to hydrolysis) is 1. The molecule has 0 aromatic heterocycles. The molecule has 1 saturated carbocycles. The summed E-state index contributed by atoms with van der Waals surface area (Å²) in [5.41, 5.74) is 0.126. The SMILES string of the molecule is CC1(NC(=O)COc2ccc(Cl)c(F)c2)CC(C)(NC(=O)OCCCc2cccc(Cl)c2)C1. The molecule has 9 heteroatoms. The number of halogens is 3. The van der Waals surface area contributed by atoms with Crippen molar-refractivity contribution >= 4 is 35.2 Å². The Labute approximate surface area is 202 Å². The van der Waals surface area contributed by atoms with Gasteiger partial charge in [0.2, 0.25) is 0 Å². The summed E-state index contributed by atoms with van der Waals surface area (Å²) in [5.74, 6) is -0.729. The number of carbonyl (C=O) groups is 2. The van der Waals surface area contributed by atoms with Gasteiger partial charge in [-0.3, -0.25) is 4.79 Å². The van der Waals surface area contributed by atoms with Gasteiger partial charge in [-0.1, -0.05) is 35.3 Å². The van der Waals surface area contributed by atoms with Gasteiger partial charge in [0.15, 0.2) is 6.61 Å². The van der Waals surface area contributed by atoms with Gasteiger partial charge in [0.1, 0.15) is 11.6 Å². The fraction of sp³-hybridized carbons (Fsp3) is 0.417. The summed E-state index contributed by atoms with van der Waals surface area (Å²) in [5, 5.41) is 6.46. The first-order valence-corrected chi connectivity index (χ1v) is 11.4. The molecule has 2 aromatic carbocycles. The van der Waals surface area contributed by atoms with Crippen LogP contribution in [-0.4, -0.2) is 36.3 Å². The molecule has 178 valence electrons. The topological polar surface area (TPSA) is 76.7 Å². The molecule has 0 spiro atoms. The Kier molecular flexibility index (Phi) is 8.08. The highest BCUT2D eigenvalue weighted by Gasteiger charge is 2.50. The number of rotatable bonds is 9. The molecular formula is C24H27Cl2FN2O4. The van der Waals surface area contributed by atoms with E-state index in [0.717, 1.165) is 18.1 Å². The molecule has 1 fully saturated rings. The molecule has 0 aliphatic heterocycles. The first-order chi connectivity index (χ1) is 15.6. The molecular weight excluding hydrogens is 470 g/mol. The third-order valence-electron chi connectivity index (χ3n) is 5.40. The molecule has 2 N–H and O–H groups in total. The Hall–Kier alpha value is -2.51. The van der Waals surface area contributed by atoms with Crippen molar-refractivity contribution < 1.29 is 23.5 Å². The molecule has 1 aliphatic rings. The van der Waals surface area contributed by atoms with Gasteiger partial charge in [-0.15, -0.1) is 0 Å². The fourth-order valence-corrected chi connectivity index (χ4v) is 4.68. The summed E-state index contributed by atoms with van der Waals surface area (Å²) < 4.78 is 24.1. The summed E-state index contributed by atoms with van der Waals surface area (Å²) in [6.45, 7) is 3.84. The highest BCUT2D eigenvalue weighted by Crippen LogP contribution is 2.41.